The Kier molecular flexibility index (Phi) is 7.59. The highest BCUT2D eigenvalue weighted by Gasteiger charge is 2.08. The lowest BCUT2D eigenvalue weighted by Gasteiger charge is -2.19. The van der Waals surface area contributed by atoms with E-state index >= 15 is 0 Å². The first-order chi connectivity index (χ1) is 9.51. The summed E-state index contributed by atoms with van der Waals surface area (Å²) in [5, 5.41) is 3.12. The van der Waals surface area contributed by atoms with Crippen LogP contribution >= 0.6 is 0 Å². The van der Waals surface area contributed by atoms with Gasteiger partial charge in [-0.1, -0.05) is 12.1 Å². The third-order valence-electron chi connectivity index (χ3n) is 2.54. The van der Waals surface area contributed by atoms with E-state index in [0.29, 0.717) is 26.4 Å². The van der Waals surface area contributed by atoms with Gasteiger partial charge in [0.15, 0.2) is 0 Å². The first-order valence-electron chi connectivity index (χ1n) is 7.09. The van der Waals surface area contributed by atoms with E-state index in [9.17, 15) is 0 Å². The molecule has 0 unspecified atom stereocenters. The quantitative estimate of drug-likeness (QED) is 0.706. The Labute approximate surface area is 122 Å². The maximum absolute atomic E-state index is 5.65. The van der Waals surface area contributed by atoms with Gasteiger partial charge in [0.05, 0.1) is 25.4 Å². The second-order valence-electron chi connectivity index (χ2n) is 5.60. The van der Waals surface area contributed by atoms with E-state index in [1.807, 2.05) is 46.0 Å². The molecule has 1 aromatic rings. The number of ether oxygens (including phenoxy) is 3. The summed E-state index contributed by atoms with van der Waals surface area (Å²) >= 11 is 0. The van der Waals surface area contributed by atoms with Gasteiger partial charge in [-0.25, -0.2) is 0 Å². The summed E-state index contributed by atoms with van der Waals surface area (Å²) in [6.45, 7) is 9.29. The summed E-state index contributed by atoms with van der Waals surface area (Å²) < 4.78 is 16.7. The average Bonchev–Trinajstić information content (AvgIpc) is 2.37. The van der Waals surface area contributed by atoms with Crippen LogP contribution in [0.3, 0.4) is 0 Å². The van der Waals surface area contributed by atoms with Crippen molar-refractivity contribution in [3.05, 3.63) is 29.8 Å². The van der Waals surface area contributed by atoms with Gasteiger partial charge in [-0.3, -0.25) is 0 Å². The molecule has 0 bridgehead atoms. The van der Waals surface area contributed by atoms with Crippen molar-refractivity contribution in [3.63, 3.8) is 0 Å². The van der Waals surface area contributed by atoms with E-state index in [1.54, 1.807) is 0 Å². The van der Waals surface area contributed by atoms with Crippen LogP contribution in [0.15, 0.2) is 24.3 Å². The molecule has 0 aliphatic carbocycles. The molecule has 1 N–H and O–H groups in total. The van der Waals surface area contributed by atoms with Gasteiger partial charge in [0.2, 0.25) is 0 Å². The van der Waals surface area contributed by atoms with E-state index in [-0.39, 0.29) is 5.60 Å². The van der Waals surface area contributed by atoms with Crippen LogP contribution in [-0.2, 0) is 16.0 Å². The van der Waals surface area contributed by atoms with Gasteiger partial charge < -0.3 is 19.5 Å². The van der Waals surface area contributed by atoms with Crippen LogP contribution in [-0.4, -0.2) is 39.1 Å². The van der Waals surface area contributed by atoms with E-state index in [0.717, 1.165) is 12.3 Å². The molecule has 0 spiro atoms. The maximum Gasteiger partial charge on any atom is 0.119 e. The van der Waals surface area contributed by atoms with Crippen LogP contribution in [0.25, 0.3) is 0 Å². The monoisotopic (exact) mass is 281 g/mol. The minimum Gasteiger partial charge on any atom is -0.491 e. The van der Waals surface area contributed by atoms with Crippen molar-refractivity contribution in [1.29, 1.82) is 0 Å². The average molecular weight is 281 g/mol. The first-order valence-corrected chi connectivity index (χ1v) is 7.09. The number of hydrogen-bond donors (Lipinski definition) is 1. The van der Waals surface area contributed by atoms with Crippen LogP contribution < -0.4 is 10.1 Å². The van der Waals surface area contributed by atoms with E-state index < -0.39 is 0 Å². The molecular weight excluding hydrogens is 254 g/mol. The Morgan fingerprint density at radius 1 is 1.05 bits per heavy atom. The minimum atomic E-state index is -0.104. The molecule has 0 heterocycles. The molecule has 0 amide bonds. The van der Waals surface area contributed by atoms with Gasteiger partial charge in [-0.05, 0) is 45.5 Å². The lowest BCUT2D eigenvalue weighted by Crippen LogP contribution is -2.22. The Hall–Kier alpha value is -1.10. The number of benzene rings is 1. The smallest absolute Gasteiger partial charge is 0.119 e. The van der Waals surface area contributed by atoms with Gasteiger partial charge >= 0.3 is 0 Å². The van der Waals surface area contributed by atoms with Gasteiger partial charge in [0.25, 0.3) is 0 Å². The molecule has 0 saturated heterocycles. The highest BCUT2D eigenvalue weighted by molar-refractivity contribution is 5.28. The molecule has 0 aromatic heterocycles. The summed E-state index contributed by atoms with van der Waals surface area (Å²) in [5.41, 5.74) is 1.11. The van der Waals surface area contributed by atoms with Crippen molar-refractivity contribution in [1.82, 2.24) is 5.32 Å². The fourth-order valence-electron chi connectivity index (χ4n) is 1.68. The zero-order valence-electron chi connectivity index (χ0n) is 13.1. The molecule has 0 aliphatic rings. The Balaban J connectivity index is 2.10. The van der Waals surface area contributed by atoms with E-state index in [4.69, 9.17) is 14.2 Å². The third kappa shape index (κ3) is 8.15. The topological polar surface area (TPSA) is 39.7 Å². The molecule has 4 heteroatoms. The molecule has 1 rings (SSSR count). The third-order valence-corrected chi connectivity index (χ3v) is 2.54. The van der Waals surface area contributed by atoms with E-state index in [2.05, 4.69) is 11.4 Å². The molecule has 114 valence electrons. The van der Waals surface area contributed by atoms with Crippen LogP contribution in [0.5, 0.6) is 5.75 Å². The summed E-state index contributed by atoms with van der Waals surface area (Å²) in [7, 11) is 1.93. The Morgan fingerprint density at radius 3 is 2.50 bits per heavy atom. The number of rotatable bonds is 9. The lowest BCUT2D eigenvalue weighted by atomic mass is 10.2. The standard InChI is InChI=1S/C16H27NO3/c1-16(2,3)20-11-9-18-8-10-19-15-7-5-6-14(12-15)13-17-4/h5-7,12,17H,8-11,13H2,1-4H3. The second kappa shape index (κ2) is 8.95. The SMILES string of the molecule is CNCc1cccc(OCCOCCOC(C)(C)C)c1. The summed E-state index contributed by atoms with van der Waals surface area (Å²) in [5.74, 6) is 0.882. The molecule has 0 fully saturated rings. The maximum atomic E-state index is 5.65. The second-order valence-corrected chi connectivity index (χ2v) is 5.60. The molecular formula is C16H27NO3. The van der Waals surface area contributed by atoms with Crippen molar-refractivity contribution in [2.24, 2.45) is 0 Å². The first kappa shape index (κ1) is 17.0. The van der Waals surface area contributed by atoms with Crippen LogP contribution in [0.2, 0.25) is 0 Å². The molecule has 0 saturated carbocycles. The fourth-order valence-corrected chi connectivity index (χ4v) is 1.68. The fraction of sp³-hybridized carbons (Fsp3) is 0.625. The van der Waals surface area contributed by atoms with Gasteiger partial charge in [-0.15, -0.1) is 0 Å². The normalized spacial score (nSPS) is 11.6. The van der Waals surface area contributed by atoms with Crippen LogP contribution in [0.4, 0.5) is 0 Å². The van der Waals surface area contributed by atoms with Crippen molar-refractivity contribution in [2.45, 2.75) is 32.9 Å². The predicted molar refractivity (Wildman–Crippen MR) is 81.2 cm³/mol. The highest BCUT2D eigenvalue weighted by atomic mass is 16.5. The van der Waals surface area contributed by atoms with Gasteiger partial charge in [0, 0.05) is 6.54 Å². The molecule has 20 heavy (non-hydrogen) atoms. The van der Waals surface area contributed by atoms with Crippen molar-refractivity contribution >= 4 is 0 Å². The summed E-state index contributed by atoms with van der Waals surface area (Å²) in [6.07, 6.45) is 0. The highest BCUT2D eigenvalue weighted by Crippen LogP contribution is 2.13. The molecule has 1 aromatic carbocycles. The zero-order chi connectivity index (χ0) is 14.8. The molecule has 0 radical (unpaired) electrons. The minimum absolute atomic E-state index is 0.104. The van der Waals surface area contributed by atoms with Crippen molar-refractivity contribution in [3.8, 4) is 5.75 Å². The molecule has 0 atom stereocenters. The van der Waals surface area contributed by atoms with Gasteiger partial charge in [0.1, 0.15) is 12.4 Å². The Morgan fingerprint density at radius 2 is 1.80 bits per heavy atom. The van der Waals surface area contributed by atoms with Crippen molar-refractivity contribution < 1.29 is 14.2 Å². The summed E-state index contributed by atoms with van der Waals surface area (Å²) in [6, 6.07) is 8.07. The van der Waals surface area contributed by atoms with E-state index in [1.165, 1.54) is 5.56 Å². The number of nitrogens with one attached hydrogen (secondary N) is 1. The predicted octanol–water partition coefficient (Wildman–Crippen LogP) is 2.62. The lowest BCUT2D eigenvalue weighted by molar-refractivity contribution is -0.0375. The molecule has 0 aliphatic heterocycles. The van der Waals surface area contributed by atoms with Gasteiger partial charge in [-0.2, -0.15) is 0 Å². The molecule has 4 nitrogen and oxygen atoms in total. The van der Waals surface area contributed by atoms with Crippen LogP contribution in [0.1, 0.15) is 26.3 Å². The van der Waals surface area contributed by atoms with Crippen LogP contribution in [0, 0.1) is 0 Å². The van der Waals surface area contributed by atoms with Crippen molar-refractivity contribution in [2.75, 3.05) is 33.5 Å². The Bertz CT molecular complexity index is 374. The zero-order valence-corrected chi connectivity index (χ0v) is 13.1. The largest absolute Gasteiger partial charge is 0.491 e. The number of hydrogen-bond acceptors (Lipinski definition) is 4. The summed E-state index contributed by atoms with van der Waals surface area (Å²) in [4.78, 5) is 0.